The third-order valence-electron chi connectivity index (χ3n) is 7.60. The van der Waals surface area contributed by atoms with Crippen LogP contribution in [-0.2, 0) is 0 Å². The first-order valence-corrected chi connectivity index (χ1v) is 12.9. The number of para-hydroxylation sites is 1. The standard InChI is InChI=1S/C31H23FN4O4/c32-22-7-3-4-8-24(22)35-13-15-36(16-14-35)25-17-23(33-19-11-9-18(10-12-19)31(38)39)26-27-28(25)34-40-30(27)21-6-2-1-5-20(21)29(26)37/h1-12,17,33H,13-16H2,(H,38,39). The molecule has 5 aromatic rings. The predicted octanol–water partition coefficient (Wildman–Crippen LogP) is 5.95. The van der Waals surface area contributed by atoms with E-state index in [4.69, 9.17) is 4.52 Å². The zero-order chi connectivity index (χ0) is 27.4. The Bertz CT molecular complexity index is 1810. The molecule has 0 spiro atoms. The SMILES string of the molecule is O=C(O)c1ccc(Nc2cc(N3CCN(c4ccccc4F)CC3)c3noc4c3c2C(=O)c2ccccc2-4)cc1. The molecular formula is C31H23FN4O4. The Morgan fingerprint density at radius 3 is 2.23 bits per heavy atom. The maximum atomic E-state index is 14.4. The number of aromatic carboxylic acids is 1. The van der Waals surface area contributed by atoms with Gasteiger partial charge >= 0.3 is 5.97 Å². The molecule has 0 atom stereocenters. The molecule has 8 nitrogen and oxygen atoms in total. The largest absolute Gasteiger partial charge is 0.478 e. The van der Waals surface area contributed by atoms with E-state index in [0.29, 0.717) is 76.6 Å². The van der Waals surface area contributed by atoms with Gasteiger partial charge in [0.05, 0.1) is 33.6 Å². The normalized spacial score (nSPS) is 14.4. The van der Waals surface area contributed by atoms with E-state index >= 15 is 0 Å². The minimum Gasteiger partial charge on any atom is -0.478 e. The Hall–Kier alpha value is -5.18. The van der Waals surface area contributed by atoms with Crippen molar-refractivity contribution in [2.24, 2.45) is 0 Å². The van der Waals surface area contributed by atoms with Crippen LogP contribution in [0.1, 0.15) is 26.3 Å². The van der Waals surface area contributed by atoms with Gasteiger partial charge in [0, 0.05) is 43.0 Å². The summed E-state index contributed by atoms with van der Waals surface area (Å²) in [6.45, 7) is 2.44. The number of carboxylic acids is 1. The van der Waals surface area contributed by atoms with Gasteiger partial charge in [-0.05, 0) is 42.5 Å². The van der Waals surface area contributed by atoms with E-state index in [-0.39, 0.29) is 17.2 Å². The lowest BCUT2D eigenvalue weighted by atomic mass is 9.86. The van der Waals surface area contributed by atoms with E-state index in [9.17, 15) is 19.1 Å². The zero-order valence-electron chi connectivity index (χ0n) is 21.2. The number of nitrogens with one attached hydrogen (secondary N) is 1. The van der Waals surface area contributed by atoms with E-state index in [1.54, 1.807) is 30.3 Å². The number of anilines is 4. The number of fused-ring (bicyclic) bond motifs is 2. The van der Waals surface area contributed by atoms with Crippen molar-refractivity contribution in [2.75, 3.05) is 41.3 Å². The van der Waals surface area contributed by atoms with Crippen molar-refractivity contribution >= 4 is 45.4 Å². The number of halogens is 1. The molecule has 198 valence electrons. The molecule has 1 aromatic heterocycles. The number of benzene rings is 4. The van der Waals surface area contributed by atoms with Gasteiger partial charge in [-0.15, -0.1) is 0 Å². The number of rotatable bonds is 5. The van der Waals surface area contributed by atoms with Crippen molar-refractivity contribution in [3.05, 3.63) is 101 Å². The summed E-state index contributed by atoms with van der Waals surface area (Å²) < 4.78 is 20.3. The monoisotopic (exact) mass is 534 g/mol. The Morgan fingerprint density at radius 1 is 0.875 bits per heavy atom. The van der Waals surface area contributed by atoms with Crippen LogP contribution < -0.4 is 15.1 Å². The van der Waals surface area contributed by atoms with Crippen LogP contribution in [0.15, 0.2) is 83.4 Å². The molecule has 7 rings (SSSR count). The number of hydrogen-bond acceptors (Lipinski definition) is 7. The van der Waals surface area contributed by atoms with Gasteiger partial charge in [0.1, 0.15) is 11.3 Å². The van der Waals surface area contributed by atoms with Gasteiger partial charge in [-0.25, -0.2) is 9.18 Å². The Balaban J connectivity index is 1.32. The average molecular weight is 535 g/mol. The maximum absolute atomic E-state index is 14.4. The van der Waals surface area contributed by atoms with Crippen LogP contribution in [0.25, 0.3) is 22.2 Å². The van der Waals surface area contributed by atoms with Gasteiger partial charge < -0.3 is 24.7 Å². The number of ketones is 1. The Morgan fingerprint density at radius 2 is 1.52 bits per heavy atom. The molecule has 0 unspecified atom stereocenters. The van der Waals surface area contributed by atoms with Crippen LogP contribution >= 0.6 is 0 Å². The molecule has 0 amide bonds. The Kier molecular flexibility index (Phi) is 5.52. The van der Waals surface area contributed by atoms with Gasteiger partial charge in [-0.3, -0.25) is 4.79 Å². The molecular weight excluding hydrogens is 511 g/mol. The smallest absolute Gasteiger partial charge is 0.335 e. The van der Waals surface area contributed by atoms with Gasteiger partial charge in [-0.2, -0.15) is 0 Å². The third-order valence-corrected chi connectivity index (χ3v) is 7.60. The first-order valence-electron chi connectivity index (χ1n) is 12.9. The summed E-state index contributed by atoms with van der Waals surface area (Å²) in [5.74, 6) is -0.863. The summed E-state index contributed by atoms with van der Waals surface area (Å²) in [5, 5.41) is 17.7. The lowest BCUT2D eigenvalue weighted by Crippen LogP contribution is -2.47. The summed E-state index contributed by atoms with van der Waals surface area (Å²) in [4.78, 5) is 29.4. The van der Waals surface area contributed by atoms with Gasteiger partial charge in [-0.1, -0.05) is 41.6 Å². The number of nitrogens with zero attached hydrogens (tertiary/aromatic N) is 3. The fraction of sp³-hybridized carbons (Fsp3) is 0.129. The second-order valence-electron chi connectivity index (χ2n) is 9.86. The number of piperazine rings is 1. The van der Waals surface area contributed by atoms with Crippen LogP contribution in [-0.4, -0.2) is 48.2 Å². The maximum Gasteiger partial charge on any atom is 0.335 e. The molecule has 0 saturated carbocycles. The van der Waals surface area contributed by atoms with E-state index < -0.39 is 5.97 Å². The van der Waals surface area contributed by atoms with E-state index in [1.165, 1.54) is 18.2 Å². The highest BCUT2D eigenvalue weighted by Gasteiger charge is 2.34. The summed E-state index contributed by atoms with van der Waals surface area (Å²) >= 11 is 0. The minimum absolute atomic E-state index is 0.142. The second-order valence-corrected chi connectivity index (χ2v) is 9.86. The number of carbonyl (C=O) groups excluding carboxylic acids is 1. The number of carbonyl (C=O) groups is 2. The van der Waals surface area contributed by atoms with E-state index in [2.05, 4.69) is 15.4 Å². The predicted molar refractivity (Wildman–Crippen MR) is 150 cm³/mol. The second kappa shape index (κ2) is 9.23. The summed E-state index contributed by atoms with van der Waals surface area (Å²) in [7, 11) is 0. The van der Waals surface area contributed by atoms with Crippen LogP contribution in [0, 0.1) is 5.82 Å². The molecule has 2 heterocycles. The Labute approximate surface area is 228 Å². The van der Waals surface area contributed by atoms with Crippen LogP contribution in [0.4, 0.5) is 27.1 Å². The fourth-order valence-electron chi connectivity index (χ4n) is 5.63. The van der Waals surface area contributed by atoms with Crippen LogP contribution in [0.5, 0.6) is 0 Å². The third kappa shape index (κ3) is 3.78. The van der Waals surface area contributed by atoms with Crippen molar-refractivity contribution in [1.82, 2.24) is 5.16 Å². The molecule has 2 aliphatic rings. The first kappa shape index (κ1) is 23.9. The molecule has 1 fully saturated rings. The van der Waals surface area contributed by atoms with Crippen molar-refractivity contribution in [2.45, 2.75) is 0 Å². The zero-order valence-corrected chi connectivity index (χ0v) is 21.2. The van der Waals surface area contributed by atoms with Gasteiger partial charge in [0.2, 0.25) is 0 Å². The number of hydrogen-bond donors (Lipinski definition) is 2. The highest BCUT2D eigenvalue weighted by molar-refractivity contribution is 6.28. The first-order chi connectivity index (χ1) is 19.5. The molecule has 0 bridgehead atoms. The molecule has 9 heteroatoms. The average Bonchev–Trinajstić information content (AvgIpc) is 3.42. The summed E-state index contributed by atoms with van der Waals surface area (Å²) in [6.07, 6.45) is 0. The topological polar surface area (TPSA) is 98.9 Å². The minimum atomic E-state index is -1.01. The van der Waals surface area contributed by atoms with Crippen molar-refractivity contribution < 1.29 is 23.6 Å². The lowest BCUT2D eigenvalue weighted by molar-refractivity contribution is 0.0696. The molecule has 1 saturated heterocycles. The van der Waals surface area contributed by atoms with Crippen LogP contribution in [0.2, 0.25) is 0 Å². The van der Waals surface area contributed by atoms with Crippen molar-refractivity contribution in [3.8, 4) is 11.3 Å². The molecule has 4 aromatic carbocycles. The molecule has 2 N–H and O–H groups in total. The van der Waals surface area contributed by atoms with Gasteiger partial charge in [0.25, 0.3) is 0 Å². The molecule has 0 radical (unpaired) electrons. The fourth-order valence-corrected chi connectivity index (χ4v) is 5.63. The van der Waals surface area contributed by atoms with Crippen molar-refractivity contribution in [3.63, 3.8) is 0 Å². The molecule has 1 aliphatic carbocycles. The van der Waals surface area contributed by atoms with Crippen molar-refractivity contribution in [1.29, 1.82) is 0 Å². The summed E-state index contributed by atoms with van der Waals surface area (Å²) in [6, 6.07) is 22.3. The lowest BCUT2D eigenvalue weighted by Gasteiger charge is -2.37. The summed E-state index contributed by atoms with van der Waals surface area (Å²) in [5.41, 5.74) is 5.05. The molecule has 40 heavy (non-hydrogen) atoms. The number of aromatic nitrogens is 1. The highest BCUT2D eigenvalue weighted by Crippen LogP contribution is 2.46. The highest BCUT2D eigenvalue weighted by atomic mass is 19.1. The van der Waals surface area contributed by atoms with E-state index in [0.717, 1.165) is 5.69 Å². The van der Waals surface area contributed by atoms with Gasteiger partial charge in [0.15, 0.2) is 11.5 Å². The van der Waals surface area contributed by atoms with E-state index in [1.807, 2.05) is 35.2 Å². The number of carboxylic acid groups (broad SMARTS) is 1. The quantitative estimate of drug-likeness (QED) is 0.280. The molecule has 1 aliphatic heterocycles. The van der Waals surface area contributed by atoms with Crippen LogP contribution in [0.3, 0.4) is 0 Å².